The lowest BCUT2D eigenvalue weighted by molar-refractivity contribution is 0.105. The Kier molecular flexibility index (Phi) is 1.47. The van der Waals surface area contributed by atoms with Crippen molar-refractivity contribution >= 4 is 0 Å². The molecule has 0 heterocycles. The van der Waals surface area contributed by atoms with Crippen molar-refractivity contribution in [3.63, 3.8) is 0 Å². The van der Waals surface area contributed by atoms with Crippen molar-refractivity contribution in [3.05, 3.63) is 0 Å². The lowest BCUT2D eigenvalue weighted by Crippen LogP contribution is -2.18. The van der Waals surface area contributed by atoms with Crippen LogP contribution in [0.2, 0.25) is 0 Å². The number of aliphatic hydroxyl groups is 1. The molecule has 0 aliphatic heterocycles. The summed E-state index contributed by atoms with van der Waals surface area (Å²) < 4.78 is 0. The fourth-order valence-corrected chi connectivity index (χ4v) is 4.58. The van der Waals surface area contributed by atoms with Gasteiger partial charge in [-0.3, -0.25) is 0 Å². The van der Waals surface area contributed by atoms with Gasteiger partial charge in [-0.25, -0.2) is 0 Å². The second-order valence-corrected chi connectivity index (χ2v) is 6.30. The molecule has 2 bridgehead atoms. The summed E-state index contributed by atoms with van der Waals surface area (Å²) >= 11 is 0. The van der Waals surface area contributed by atoms with Crippen LogP contribution in [-0.2, 0) is 0 Å². The first kappa shape index (κ1) is 8.28. The summed E-state index contributed by atoms with van der Waals surface area (Å²) in [6.07, 6.45) is 5.43. The van der Waals surface area contributed by atoms with E-state index in [-0.39, 0.29) is 6.10 Å². The predicted molar refractivity (Wildman–Crippen MR) is 52.2 cm³/mol. The Balaban J connectivity index is 1.89. The van der Waals surface area contributed by atoms with Gasteiger partial charge in [-0.15, -0.1) is 0 Å². The lowest BCUT2D eigenvalue weighted by Gasteiger charge is -2.22. The molecule has 3 saturated carbocycles. The van der Waals surface area contributed by atoms with Gasteiger partial charge in [0.05, 0.1) is 6.10 Å². The Morgan fingerprint density at radius 3 is 1.85 bits per heavy atom. The molecule has 1 unspecified atom stereocenters. The van der Waals surface area contributed by atoms with Gasteiger partial charge < -0.3 is 5.11 Å². The van der Waals surface area contributed by atoms with Gasteiger partial charge in [-0.1, -0.05) is 13.8 Å². The molecule has 3 aliphatic rings. The first-order valence-corrected chi connectivity index (χ1v) is 5.76. The van der Waals surface area contributed by atoms with E-state index >= 15 is 0 Å². The Labute approximate surface area is 80.5 Å². The minimum Gasteiger partial charge on any atom is -0.393 e. The highest BCUT2D eigenvalue weighted by molar-refractivity contribution is 5.07. The van der Waals surface area contributed by atoms with Gasteiger partial charge in [0.25, 0.3) is 0 Å². The fourth-order valence-electron chi connectivity index (χ4n) is 4.58. The van der Waals surface area contributed by atoms with Crippen LogP contribution in [0.4, 0.5) is 0 Å². The topological polar surface area (TPSA) is 20.2 Å². The summed E-state index contributed by atoms with van der Waals surface area (Å²) in [5.74, 6) is 3.11. The van der Waals surface area contributed by atoms with Crippen LogP contribution < -0.4 is 0 Å². The lowest BCUT2D eigenvalue weighted by atomic mass is 9.82. The first-order chi connectivity index (χ1) is 6.08. The molecule has 1 nitrogen and oxygen atoms in total. The highest BCUT2D eigenvalue weighted by Crippen LogP contribution is 2.62. The minimum atomic E-state index is 0.0751. The SMILES string of the molecule is CC1(C)C[C@@H]2[C@H](C1)[C@@H]1CC[C@H]2C1O. The Morgan fingerprint density at radius 1 is 0.923 bits per heavy atom. The van der Waals surface area contributed by atoms with Crippen LogP contribution in [0.25, 0.3) is 0 Å². The van der Waals surface area contributed by atoms with E-state index in [1.54, 1.807) is 0 Å². The zero-order valence-electron chi connectivity index (χ0n) is 8.66. The maximum Gasteiger partial charge on any atom is 0.0602 e. The van der Waals surface area contributed by atoms with Crippen molar-refractivity contribution in [2.24, 2.45) is 29.1 Å². The van der Waals surface area contributed by atoms with E-state index in [2.05, 4.69) is 13.8 Å². The Morgan fingerprint density at radius 2 is 1.38 bits per heavy atom. The minimum absolute atomic E-state index is 0.0751. The summed E-state index contributed by atoms with van der Waals surface area (Å²) in [5.41, 5.74) is 0.566. The number of hydrogen-bond donors (Lipinski definition) is 1. The first-order valence-electron chi connectivity index (χ1n) is 5.76. The van der Waals surface area contributed by atoms with Gasteiger partial charge in [-0.05, 0) is 54.8 Å². The smallest absolute Gasteiger partial charge is 0.0602 e. The van der Waals surface area contributed by atoms with Crippen LogP contribution in [-0.4, -0.2) is 11.2 Å². The molecule has 0 aromatic rings. The van der Waals surface area contributed by atoms with Crippen molar-refractivity contribution in [1.29, 1.82) is 0 Å². The van der Waals surface area contributed by atoms with E-state index in [1.165, 1.54) is 25.7 Å². The van der Waals surface area contributed by atoms with Crippen molar-refractivity contribution in [3.8, 4) is 0 Å². The van der Waals surface area contributed by atoms with Crippen LogP contribution in [0.15, 0.2) is 0 Å². The van der Waals surface area contributed by atoms with Gasteiger partial charge in [0, 0.05) is 0 Å². The maximum absolute atomic E-state index is 10.0. The average molecular weight is 180 g/mol. The molecule has 0 saturated heterocycles. The summed E-state index contributed by atoms with van der Waals surface area (Å²) in [4.78, 5) is 0. The number of fused-ring (bicyclic) bond motifs is 5. The molecule has 0 amide bonds. The highest BCUT2D eigenvalue weighted by Gasteiger charge is 2.58. The molecule has 1 heteroatoms. The van der Waals surface area contributed by atoms with Gasteiger partial charge in [-0.2, -0.15) is 0 Å². The van der Waals surface area contributed by atoms with Crippen LogP contribution in [0.1, 0.15) is 39.5 Å². The van der Waals surface area contributed by atoms with E-state index in [1.807, 2.05) is 0 Å². The third-order valence-corrected chi connectivity index (χ3v) is 4.94. The quantitative estimate of drug-likeness (QED) is 0.607. The van der Waals surface area contributed by atoms with E-state index in [0.29, 0.717) is 17.3 Å². The third-order valence-electron chi connectivity index (χ3n) is 4.94. The van der Waals surface area contributed by atoms with Gasteiger partial charge in [0.1, 0.15) is 0 Å². The summed E-state index contributed by atoms with van der Waals surface area (Å²) in [7, 11) is 0. The largest absolute Gasteiger partial charge is 0.393 e. The van der Waals surface area contributed by atoms with Crippen molar-refractivity contribution in [1.82, 2.24) is 0 Å². The predicted octanol–water partition coefficient (Wildman–Crippen LogP) is 2.44. The molecule has 0 aromatic heterocycles. The molecule has 3 fully saturated rings. The van der Waals surface area contributed by atoms with E-state index in [9.17, 15) is 5.11 Å². The van der Waals surface area contributed by atoms with E-state index < -0.39 is 0 Å². The molecule has 0 radical (unpaired) electrons. The van der Waals surface area contributed by atoms with Gasteiger partial charge in [0.2, 0.25) is 0 Å². The molecule has 1 N–H and O–H groups in total. The van der Waals surface area contributed by atoms with E-state index in [4.69, 9.17) is 0 Å². The monoisotopic (exact) mass is 180 g/mol. The molecule has 3 rings (SSSR count). The number of aliphatic hydroxyl groups excluding tert-OH is 1. The van der Waals surface area contributed by atoms with Crippen LogP contribution in [0.5, 0.6) is 0 Å². The molecular weight excluding hydrogens is 160 g/mol. The Hall–Kier alpha value is -0.0400. The fraction of sp³-hybridized carbons (Fsp3) is 1.00. The standard InChI is InChI=1S/C12H20O/c1-12(2)5-9-7-3-4-8(11(7)13)10(9)6-12/h7-11,13H,3-6H2,1-2H3/t7-,8+,9+,10-,11?. The summed E-state index contributed by atoms with van der Waals surface area (Å²) in [6, 6.07) is 0. The van der Waals surface area contributed by atoms with Crippen LogP contribution >= 0.6 is 0 Å². The molecule has 13 heavy (non-hydrogen) atoms. The molecule has 0 spiro atoms. The Bertz CT molecular complexity index is 211. The third kappa shape index (κ3) is 0.971. The van der Waals surface area contributed by atoms with Crippen molar-refractivity contribution < 1.29 is 5.11 Å². The molecule has 74 valence electrons. The van der Waals surface area contributed by atoms with Crippen LogP contribution in [0.3, 0.4) is 0 Å². The molecule has 3 aliphatic carbocycles. The molecule has 0 aromatic carbocycles. The number of hydrogen-bond acceptors (Lipinski definition) is 1. The average Bonchev–Trinajstić information content (AvgIpc) is 2.58. The maximum atomic E-state index is 10.0. The van der Waals surface area contributed by atoms with Crippen molar-refractivity contribution in [2.45, 2.75) is 45.6 Å². The van der Waals surface area contributed by atoms with Crippen molar-refractivity contribution in [2.75, 3.05) is 0 Å². The second kappa shape index (κ2) is 2.31. The number of rotatable bonds is 0. The zero-order chi connectivity index (χ0) is 9.22. The highest BCUT2D eigenvalue weighted by atomic mass is 16.3. The second-order valence-electron chi connectivity index (χ2n) is 6.30. The summed E-state index contributed by atoms with van der Waals surface area (Å²) in [6.45, 7) is 4.80. The van der Waals surface area contributed by atoms with Gasteiger partial charge >= 0.3 is 0 Å². The summed E-state index contributed by atoms with van der Waals surface area (Å²) in [5, 5.41) is 10.0. The zero-order valence-corrected chi connectivity index (χ0v) is 8.66. The molecular formula is C12H20O. The van der Waals surface area contributed by atoms with E-state index in [0.717, 1.165) is 11.8 Å². The molecule has 5 atom stereocenters. The van der Waals surface area contributed by atoms with Crippen LogP contribution in [0, 0.1) is 29.1 Å². The van der Waals surface area contributed by atoms with Gasteiger partial charge in [0.15, 0.2) is 0 Å². The normalized spacial score (nSPS) is 57.0.